The Balaban J connectivity index is 1.67. The first kappa shape index (κ1) is 19.9. The molecule has 2 heterocycles. The molecule has 4 rings (SSSR count). The third kappa shape index (κ3) is 5.16. The van der Waals surface area contributed by atoms with Crippen molar-refractivity contribution >= 4 is 17.5 Å². The highest BCUT2D eigenvalue weighted by Crippen LogP contribution is 2.33. The van der Waals surface area contributed by atoms with Crippen LogP contribution in [0.3, 0.4) is 0 Å². The van der Waals surface area contributed by atoms with Crippen molar-refractivity contribution in [3.05, 3.63) is 54.9 Å². The first-order valence-electron chi connectivity index (χ1n) is 9.64. The average Bonchev–Trinajstić information content (AvgIpc) is 3.22. The maximum absolute atomic E-state index is 12.7. The van der Waals surface area contributed by atoms with Crippen LogP contribution in [0, 0.1) is 0 Å². The predicted molar refractivity (Wildman–Crippen MR) is 108 cm³/mol. The van der Waals surface area contributed by atoms with Crippen LogP contribution in [0.15, 0.2) is 54.9 Å². The zero-order chi connectivity index (χ0) is 21.0. The summed E-state index contributed by atoms with van der Waals surface area (Å²) in [4.78, 5) is 13.1. The van der Waals surface area contributed by atoms with Crippen LogP contribution in [-0.4, -0.2) is 27.4 Å². The van der Waals surface area contributed by atoms with Gasteiger partial charge in [-0.05, 0) is 37.1 Å². The number of anilines is 3. The number of rotatable bonds is 6. The Morgan fingerprint density at radius 3 is 2.43 bits per heavy atom. The average molecular weight is 415 g/mol. The number of hydrogen-bond donors (Lipinski definition) is 2. The monoisotopic (exact) mass is 415 g/mol. The summed E-state index contributed by atoms with van der Waals surface area (Å²) >= 11 is 0. The highest BCUT2D eigenvalue weighted by Gasteiger charge is 2.32. The largest absolute Gasteiger partial charge is 0.573 e. The molecule has 2 N–H and O–H groups in total. The topological polar surface area (TPSA) is 72.0 Å². The van der Waals surface area contributed by atoms with Gasteiger partial charge in [-0.25, -0.2) is 4.98 Å². The minimum atomic E-state index is -4.79. The van der Waals surface area contributed by atoms with Crippen LogP contribution >= 0.6 is 0 Å². The van der Waals surface area contributed by atoms with Crippen molar-refractivity contribution in [3.8, 4) is 17.0 Å². The van der Waals surface area contributed by atoms with Crippen LogP contribution in [-0.2, 0) is 0 Å². The fourth-order valence-corrected chi connectivity index (χ4v) is 3.42. The fraction of sp³-hybridized carbons (Fsp3) is 0.286. The molecule has 156 valence electrons. The second-order valence-corrected chi connectivity index (χ2v) is 6.99. The lowest BCUT2D eigenvalue weighted by atomic mass is 10.2. The standard InChI is InChI=1S/C21H20F3N5O/c22-21(23,24)30-18-8-4-3-7-16(18)27-19-13-17(14-9-11-25-12-10-14)28-20(29-19)26-15-5-1-2-6-15/h3-4,7-13,15H,1-2,5-6H2,(H2,26,27,28,29). The molecule has 0 atom stereocenters. The van der Waals surface area contributed by atoms with E-state index >= 15 is 0 Å². The highest BCUT2D eigenvalue weighted by molar-refractivity contribution is 5.69. The van der Waals surface area contributed by atoms with Crippen molar-refractivity contribution in [2.45, 2.75) is 38.1 Å². The molecule has 0 saturated heterocycles. The number of ether oxygens (including phenoxy) is 1. The van der Waals surface area contributed by atoms with Crippen molar-refractivity contribution in [1.29, 1.82) is 0 Å². The van der Waals surface area contributed by atoms with Crippen LogP contribution in [0.1, 0.15) is 25.7 Å². The van der Waals surface area contributed by atoms with E-state index in [4.69, 9.17) is 0 Å². The second-order valence-electron chi connectivity index (χ2n) is 6.99. The molecule has 0 amide bonds. The van der Waals surface area contributed by atoms with Gasteiger partial charge in [-0.3, -0.25) is 4.98 Å². The molecule has 1 fully saturated rings. The molecule has 1 aromatic carbocycles. The van der Waals surface area contributed by atoms with E-state index in [-0.39, 0.29) is 17.5 Å². The number of pyridine rings is 1. The van der Waals surface area contributed by atoms with Gasteiger partial charge in [-0.1, -0.05) is 25.0 Å². The number of hydrogen-bond acceptors (Lipinski definition) is 6. The van der Waals surface area contributed by atoms with Crippen LogP contribution in [0.2, 0.25) is 0 Å². The van der Waals surface area contributed by atoms with E-state index in [1.165, 1.54) is 18.2 Å². The first-order valence-corrected chi connectivity index (χ1v) is 9.64. The summed E-state index contributed by atoms with van der Waals surface area (Å²) in [7, 11) is 0. The zero-order valence-corrected chi connectivity index (χ0v) is 16.0. The summed E-state index contributed by atoms with van der Waals surface area (Å²) in [5, 5.41) is 6.28. The molecule has 6 nitrogen and oxygen atoms in total. The van der Waals surface area contributed by atoms with Crippen LogP contribution < -0.4 is 15.4 Å². The summed E-state index contributed by atoms with van der Waals surface area (Å²) in [5.74, 6) is 0.447. The maximum Gasteiger partial charge on any atom is 0.573 e. The predicted octanol–water partition coefficient (Wildman–Crippen LogP) is 5.54. The lowest BCUT2D eigenvalue weighted by Gasteiger charge is -2.17. The molecule has 3 aromatic rings. The van der Waals surface area contributed by atoms with E-state index < -0.39 is 6.36 Å². The molecule has 0 radical (unpaired) electrons. The number of para-hydroxylation sites is 2. The second kappa shape index (κ2) is 8.56. The third-order valence-corrected chi connectivity index (χ3v) is 4.77. The normalized spacial score (nSPS) is 14.5. The third-order valence-electron chi connectivity index (χ3n) is 4.77. The molecule has 1 aliphatic carbocycles. The van der Waals surface area contributed by atoms with Gasteiger partial charge in [0.1, 0.15) is 5.82 Å². The van der Waals surface area contributed by atoms with Crippen molar-refractivity contribution in [2.24, 2.45) is 0 Å². The zero-order valence-electron chi connectivity index (χ0n) is 16.0. The molecule has 1 saturated carbocycles. The molecule has 0 bridgehead atoms. The molecule has 9 heteroatoms. The van der Waals surface area contributed by atoms with Crippen LogP contribution in [0.5, 0.6) is 5.75 Å². The van der Waals surface area contributed by atoms with Crippen molar-refractivity contribution in [2.75, 3.05) is 10.6 Å². The van der Waals surface area contributed by atoms with Crippen LogP contribution in [0.4, 0.5) is 30.6 Å². The summed E-state index contributed by atoms with van der Waals surface area (Å²) in [6, 6.07) is 11.4. The Bertz CT molecular complexity index is 991. The van der Waals surface area contributed by atoms with E-state index in [2.05, 4.69) is 30.3 Å². The number of benzene rings is 1. The summed E-state index contributed by atoms with van der Waals surface area (Å²) < 4.78 is 42.4. The molecule has 30 heavy (non-hydrogen) atoms. The van der Waals surface area contributed by atoms with Gasteiger partial charge in [0.05, 0.1) is 11.4 Å². The Morgan fingerprint density at radius 2 is 1.70 bits per heavy atom. The van der Waals surface area contributed by atoms with E-state index in [1.54, 1.807) is 24.5 Å². The number of nitrogens with zero attached hydrogens (tertiary/aromatic N) is 3. The fourth-order valence-electron chi connectivity index (χ4n) is 3.42. The molecule has 0 unspecified atom stereocenters. The van der Waals surface area contributed by atoms with E-state index in [9.17, 15) is 13.2 Å². The molecule has 0 aliphatic heterocycles. The lowest BCUT2D eigenvalue weighted by molar-refractivity contribution is -0.274. The van der Waals surface area contributed by atoms with E-state index in [0.29, 0.717) is 17.5 Å². The van der Waals surface area contributed by atoms with Gasteiger partial charge in [0.15, 0.2) is 5.75 Å². The number of alkyl halides is 3. The van der Waals surface area contributed by atoms with Gasteiger partial charge in [0.2, 0.25) is 5.95 Å². The number of aromatic nitrogens is 3. The van der Waals surface area contributed by atoms with E-state index in [0.717, 1.165) is 31.2 Å². The molecule has 2 aromatic heterocycles. The van der Waals surface area contributed by atoms with Crippen molar-refractivity contribution < 1.29 is 17.9 Å². The summed E-state index contributed by atoms with van der Waals surface area (Å²) in [5.41, 5.74) is 1.61. The van der Waals surface area contributed by atoms with Crippen LogP contribution in [0.25, 0.3) is 11.3 Å². The van der Waals surface area contributed by atoms with Gasteiger partial charge >= 0.3 is 6.36 Å². The Hall–Kier alpha value is -3.36. The first-order chi connectivity index (χ1) is 14.5. The minimum Gasteiger partial charge on any atom is -0.404 e. The van der Waals surface area contributed by atoms with Gasteiger partial charge < -0.3 is 15.4 Å². The Morgan fingerprint density at radius 1 is 0.967 bits per heavy atom. The molecular weight excluding hydrogens is 395 g/mol. The van der Waals surface area contributed by atoms with Gasteiger partial charge in [0, 0.05) is 30.1 Å². The van der Waals surface area contributed by atoms with Crippen molar-refractivity contribution in [3.63, 3.8) is 0 Å². The van der Waals surface area contributed by atoms with Crippen molar-refractivity contribution in [1.82, 2.24) is 15.0 Å². The highest BCUT2D eigenvalue weighted by atomic mass is 19.4. The van der Waals surface area contributed by atoms with Gasteiger partial charge in [0.25, 0.3) is 0 Å². The smallest absolute Gasteiger partial charge is 0.404 e. The Kier molecular flexibility index (Phi) is 5.69. The maximum atomic E-state index is 12.7. The Labute approximate surface area is 171 Å². The minimum absolute atomic E-state index is 0.154. The van der Waals surface area contributed by atoms with E-state index in [1.807, 2.05) is 12.1 Å². The van der Waals surface area contributed by atoms with Gasteiger partial charge in [-0.15, -0.1) is 13.2 Å². The number of nitrogens with one attached hydrogen (secondary N) is 2. The number of halogens is 3. The van der Waals surface area contributed by atoms with Gasteiger partial charge in [-0.2, -0.15) is 4.98 Å². The lowest BCUT2D eigenvalue weighted by Crippen LogP contribution is -2.18. The summed E-state index contributed by atoms with van der Waals surface area (Å²) in [6.07, 6.45) is 2.88. The summed E-state index contributed by atoms with van der Waals surface area (Å²) in [6.45, 7) is 0. The molecular formula is C21H20F3N5O. The SMILES string of the molecule is FC(F)(F)Oc1ccccc1Nc1cc(-c2ccncc2)nc(NC2CCCC2)n1. The molecule has 1 aliphatic rings. The molecule has 0 spiro atoms. The quantitative estimate of drug-likeness (QED) is 0.551.